The van der Waals surface area contributed by atoms with Gasteiger partial charge in [-0.1, -0.05) is 41.9 Å². The molecule has 6 heteroatoms. The van der Waals surface area contributed by atoms with Crippen LogP contribution in [0.2, 0.25) is 5.02 Å². The second kappa shape index (κ2) is 7.30. The van der Waals surface area contributed by atoms with E-state index in [4.69, 9.17) is 11.6 Å². The third-order valence-corrected chi connectivity index (χ3v) is 4.50. The molecule has 1 aromatic heterocycles. The normalized spacial score (nSPS) is 12.3. The lowest BCUT2D eigenvalue weighted by atomic mass is 10.1. The molecule has 2 aromatic carbocycles. The third-order valence-electron chi connectivity index (χ3n) is 4.25. The summed E-state index contributed by atoms with van der Waals surface area (Å²) in [6.45, 7) is 5.62. The van der Waals surface area contributed by atoms with Gasteiger partial charge in [0.25, 0.3) is 11.5 Å². The van der Waals surface area contributed by atoms with Crippen LogP contribution in [0.1, 0.15) is 48.9 Å². The number of nitrogens with one attached hydrogen (secondary N) is 1. The van der Waals surface area contributed by atoms with Gasteiger partial charge in [0.2, 0.25) is 0 Å². The number of halogens is 1. The Morgan fingerprint density at radius 2 is 1.65 bits per heavy atom. The molecule has 134 valence electrons. The van der Waals surface area contributed by atoms with E-state index in [1.165, 1.54) is 4.68 Å². The molecule has 0 aliphatic rings. The van der Waals surface area contributed by atoms with Gasteiger partial charge in [-0.2, -0.15) is 5.10 Å². The SMILES string of the molecule is CC(NC(=O)c1nn(C(C)C)c(=O)c2ccccc12)c1ccc(Cl)cc1. The third kappa shape index (κ3) is 3.48. The molecule has 3 aromatic rings. The number of carbonyl (C=O) groups is 1. The standard InChI is InChI=1S/C20H20ClN3O2/c1-12(2)24-20(26)17-7-5-4-6-16(17)18(23-24)19(25)22-13(3)14-8-10-15(21)11-9-14/h4-13H,1-3H3,(H,22,25). The lowest BCUT2D eigenvalue weighted by molar-refractivity contribution is 0.0934. The Hall–Kier alpha value is -2.66. The van der Waals surface area contributed by atoms with Crippen LogP contribution in [0.15, 0.2) is 53.3 Å². The van der Waals surface area contributed by atoms with E-state index < -0.39 is 0 Å². The topological polar surface area (TPSA) is 64.0 Å². The van der Waals surface area contributed by atoms with Crippen molar-refractivity contribution in [3.8, 4) is 0 Å². The van der Waals surface area contributed by atoms with Gasteiger partial charge in [-0.05, 0) is 44.5 Å². The number of nitrogens with zero attached hydrogens (tertiary/aromatic N) is 2. The van der Waals surface area contributed by atoms with Gasteiger partial charge in [-0.3, -0.25) is 9.59 Å². The Kier molecular flexibility index (Phi) is 5.09. The van der Waals surface area contributed by atoms with E-state index in [1.807, 2.05) is 32.9 Å². The van der Waals surface area contributed by atoms with Crippen molar-refractivity contribution >= 4 is 28.3 Å². The van der Waals surface area contributed by atoms with Crippen molar-refractivity contribution in [1.29, 1.82) is 0 Å². The average molecular weight is 370 g/mol. The molecule has 1 unspecified atom stereocenters. The zero-order chi connectivity index (χ0) is 18.8. The number of rotatable bonds is 4. The van der Waals surface area contributed by atoms with Crippen molar-refractivity contribution in [3.05, 3.63) is 75.2 Å². The summed E-state index contributed by atoms with van der Waals surface area (Å²) in [4.78, 5) is 25.5. The monoisotopic (exact) mass is 369 g/mol. The lowest BCUT2D eigenvalue weighted by Gasteiger charge is -2.17. The van der Waals surface area contributed by atoms with E-state index in [-0.39, 0.29) is 29.2 Å². The van der Waals surface area contributed by atoms with Crippen LogP contribution in [0, 0.1) is 0 Å². The smallest absolute Gasteiger partial charge is 0.274 e. The van der Waals surface area contributed by atoms with Gasteiger partial charge in [-0.25, -0.2) is 4.68 Å². The molecule has 1 heterocycles. The average Bonchev–Trinajstić information content (AvgIpc) is 2.62. The zero-order valence-corrected chi connectivity index (χ0v) is 15.6. The summed E-state index contributed by atoms with van der Waals surface area (Å²) in [7, 11) is 0. The van der Waals surface area contributed by atoms with Gasteiger partial charge in [0.1, 0.15) is 0 Å². The molecule has 0 spiro atoms. The van der Waals surface area contributed by atoms with Gasteiger partial charge in [0, 0.05) is 10.4 Å². The molecule has 0 saturated carbocycles. The van der Waals surface area contributed by atoms with E-state index in [0.717, 1.165) is 5.56 Å². The van der Waals surface area contributed by atoms with E-state index in [1.54, 1.807) is 36.4 Å². The first-order valence-corrected chi connectivity index (χ1v) is 8.84. The number of carbonyl (C=O) groups excluding carboxylic acids is 1. The minimum atomic E-state index is -0.321. The molecule has 0 radical (unpaired) electrons. The van der Waals surface area contributed by atoms with Gasteiger partial charge >= 0.3 is 0 Å². The molecule has 3 rings (SSSR count). The first kappa shape index (κ1) is 18.1. The fraction of sp³-hybridized carbons (Fsp3) is 0.250. The number of fused-ring (bicyclic) bond motifs is 1. The summed E-state index contributed by atoms with van der Waals surface area (Å²) in [6.07, 6.45) is 0. The Morgan fingerprint density at radius 1 is 1.04 bits per heavy atom. The highest BCUT2D eigenvalue weighted by atomic mass is 35.5. The van der Waals surface area contributed by atoms with E-state index in [0.29, 0.717) is 15.8 Å². The summed E-state index contributed by atoms with van der Waals surface area (Å²) in [5, 5.41) is 8.96. The molecular formula is C20H20ClN3O2. The maximum absolute atomic E-state index is 12.9. The van der Waals surface area contributed by atoms with Crippen molar-refractivity contribution in [3.63, 3.8) is 0 Å². The molecule has 1 atom stereocenters. The molecule has 0 saturated heterocycles. The molecular weight excluding hydrogens is 350 g/mol. The maximum Gasteiger partial charge on any atom is 0.274 e. The summed E-state index contributed by atoms with van der Waals surface area (Å²) < 4.78 is 1.35. The van der Waals surface area contributed by atoms with E-state index >= 15 is 0 Å². The second-order valence-corrected chi connectivity index (χ2v) is 6.92. The molecule has 26 heavy (non-hydrogen) atoms. The first-order chi connectivity index (χ1) is 12.4. The van der Waals surface area contributed by atoms with Gasteiger partial charge < -0.3 is 5.32 Å². The Labute approximate surface area is 156 Å². The van der Waals surface area contributed by atoms with Crippen LogP contribution in [0.4, 0.5) is 0 Å². The van der Waals surface area contributed by atoms with Crippen molar-refractivity contribution in [1.82, 2.24) is 15.1 Å². The number of benzene rings is 2. The van der Waals surface area contributed by atoms with Crippen LogP contribution >= 0.6 is 11.6 Å². The van der Waals surface area contributed by atoms with Crippen LogP contribution in [-0.4, -0.2) is 15.7 Å². The van der Waals surface area contributed by atoms with Crippen molar-refractivity contribution in [2.45, 2.75) is 32.9 Å². The number of hydrogen-bond donors (Lipinski definition) is 1. The van der Waals surface area contributed by atoms with Crippen LogP contribution in [-0.2, 0) is 0 Å². The quantitative estimate of drug-likeness (QED) is 0.752. The van der Waals surface area contributed by atoms with E-state index in [9.17, 15) is 9.59 Å². The fourth-order valence-corrected chi connectivity index (χ4v) is 2.95. The summed E-state index contributed by atoms with van der Waals surface area (Å²) in [5.74, 6) is -0.321. The predicted octanol–water partition coefficient (Wildman–Crippen LogP) is 4.12. The van der Waals surface area contributed by atoms with Gasteiger partial charge in [0.15, 0.2) is 5.69 Å². The van der Waals surface area contributed by atoms with Crippen molar-refractivity contribution < 1.29 is 4.79 Å². The Balaban J connectivity index is 2.01. The van der Waals surface area contributed by atoms with Gasteiger partial charge in [0.05, 0.1) is 17.5 Å². The highest BCUT2D eigenvalue weighted by Crippen LogP contribution is 2.19. The summed E-state index contributed by atoms with van der Waals surface area (Å²) >= 11 is 5.92. The molecule has 1 N–H and O–H groups in total. The summed E-state index contributed by atoms with van der Waals surface area (Å²) in [5.41, 5.74) is 0.983. The number of hydrogen-bond acceptors (Lipinski definition) is 3. The van der Waals surface area contributed by atoms with E-state index in [2.05, 4.69) is 10.4 Å². The first-order valence-electron chi connectivity index (χ1n) is 8.46. The molecule has 0 bridgehead atoms. The molecule has 0 fully saturated rings. The molecule has 5 nitrogen and oxygen atoms in total. The van der Waals surface area contributed by atoms with Crippen LogP contribution in [0.25, 0.3) is 10.8 Å². The largest absolute Gasteiger partial charge is 0.344 e. The highest BCUT2D eigenvalue weighted by Gasteiger charge is 2.19. The Bertz CT molecular complexity index is 1010. The number of amides is 1. The van der Waals surface area contributed by atoms with Crippen molar-refractivity contribution in [2.75, 3.05) is 0 Å². The van der Waals surface area contributed by atoms with Crippen LogP contribution in [0.3, 0.4) is 0 Å². The molecule has 0 aliphatic heterocycles. The van der Waals surface area contributed by atoms with Crippen LogP contribution in [0.5, 0.6) is 0 Å². The second-order valence-electron chi connectivity index (χ2n) is 6.48. The lowest BCUT2D eigenvalue weighted by Crippen LogP contribution is -2.32. The Morgan fingerprint density at radius 3 is 2.27 bits per heavy atom. The highest BCUT2D eigenvalue weighted by molar-refractivity contribution is 6.30. The zero-order valence-electron chi connectivity index (χ0n) is 14.9. The number of aromatic nitrogens is 2. The van der Waals surface area contributed by atoms with Gasteiger partial charge in [-0.15, -0.1) is 0 Å². The van der Waals surface area contributed by atoms with Crippen molar-refractivity contribution in [2.24, 2.45) is 0 Å². The molecule has 1 amide bonds. The summed E-state index contributed by atoms with van der Waals surface area (Å²) in [6, 6.07) is 14.0. The van der Waals surface area contributed by atoms with Crippen LogP contribution < -0.4 is 10.9 Å². The maximum atomic E-state index is 12.9. The fourth-order valence-electron chi connectivity index (χ4n) is 2.82. The molecule has 0 aliphatic carbocycles. The minimum Gasteiger partial charge on any atom is -0.344 e. The predicted molar refractivity (Wildman–Crippen MR) is 104 cm³/mol. The minimum absolute atomic E-state index is 0.146.